The maximum absolute atomic E-state index is 13.3. The summed E-state index contributed by atoms with van der Waals surface area (Å²) in [6.07, 6.45) is 2.27. The Morgan fingerprint density at radius 2 is 2.07 bits per heavy atom. The van der Waals surface area contributed by atoms with E-state index in [2.05, 4.69) is 5.10 Å². The number of furan rings is 1. The summed E-state index contributed by atoms with van der Waals surface area (Å²) in [5.41, 5.74) is 1.39. The van der Waals surface area contributed by atoms with Gasteiger partial charge in [-0.15, -0.1) is 0 Å². The van der Waals surface area contributed by atoms with Crippen LogP contribution in [0.25, 0.3) is 0 Å². The second kappa shape index (κ2) is 9.47. The summed E-state index contributed by atoms with van der Waals surface area (Å²) in [4.78, 5) is 26.7. The third-order valence-electron chi connectivity index (χ3n) is 4.76. The first-order chi connectivity index (χ1) is 14.0. The Bertz CT molecular complexity index is 865. The summed E-state index contributed by atoms with van der Waals surface area (Å²) in [7, 11) is 1.54. The summed E-state index contributed by atoms with van der Waals surface area (Å²) < 4.78 is 23.8. The molecule has 0 N–H and O–H groups in total. The summed E-state index contributed by atoms with van der Waals surface area (Å²) in [5.74, 6) is -0.188. The normalized spacial score (nSPS) is 16.0. The molecule has 1 unspecified atom stereocenters. The van der Waals surface area contributed by atoms with Gasteiger partial charge in [-0.25, -0.2) is 9.40 Å². The van der Waals surface area contributed by atoms with Crippen molar-refractivity contribution < 1.29 is 23.1 Å². The average molecular weight is 401 g/mol. The predicted molar refractivity (Wildman–Crippen MR) is 105 cm³/mol. The molecule has 2 amide bonds. The van der Waals surface area contributed by atoms with Crippen molar-refractivity contribution in [1.29, 1.82) is 0 Å². The number of nitrogens with zero attached hydrogens (tertiary/aromatic N) is 3. The van der Waals surface area contributed by atoms with Gasteiger partial charge in [0.2, 0.25) is 5.91 Å². The van der Waals surface area contributed by atoms with Gasteiger partial charge >= 0.3 is 0 Å². The topological polar surface area (TPSA) is 75.3 Å². The molecule has 154 valence electrons. The molecule has 2 aromatic rings. The monoisotopic (exact) mass is 401 g/mol. The van der Waals surface area contributed by atoms with Gasteiger partial charge in [-0.3, -0.25) is 9.59 Å². The van der Waals surface area contributed by atoms with E-state index in [9.17, 15) is 14.0 Å². The zero-order chi connectivity index (χ0) is 20.8. The van der Waals surface area contributed by atoms with Crippen LogP contribution < -0.4 is 0 Å². The quantitative estimate of drug-likeness (QED) is 0.682. The van der Waals surface area contributed by atoms with Gasteiger partial charge in [0.1, 0.15) is 24.2 Å². The van der Waals surface area contributed by atoms with Crippen LogP contribution in [0.1, 0.15) is 37.1 Å². The Morgan fingerprint density at radius 1 is 1.31 bits per heavy atom. The van der Waals surface area contributed by atoms with Gasteiger partial charge in [0.25, 0.3) is 5.91 Å². The molecule has 29 heavy (non-hydrogen) atoms. The first kappa shape index (κ1) is 20.7. The number of rotatable bonds is 8. The fraction of sp³-hybridized carbons (Fsp3) is 0.381. The Kier molecular flexibility index (Phi) is 6.77. The van der Waals surface area contributed by atoms with Gasteiger partial charge in [-0.1, -0.05) is 19.1 Å². The molecule has 1 aromatic heterocycles. The Labute approximate surface area is 168 Å². The van der Waals surface area contributed by atoms with Crippen LogP contribution in [0.3, 0.4) is 0 Å². The first-order valence-corrected chi connectivity index (χ1v) is 9.49. The number of amides is 2. The molecule has 0 spiro atoms. The molecule has 0 aliphatic carbocycles. The van der Waals surface area contributed by atoms with Gasteiger partial charge in [-0.05, 0) is 29.8 Å². The van der Waals surface area contributed by atoms with E-state index in [1.165, 1.54) is 22.0 Å². The fourth-order valence-electron chi connectivity index (χ4n) is 3.21. The molecule has 7 nitrogen and oxygen atoms in total. The lowest BCUT2D eigenvalue weighted by atomic mass is 10.0. The number of carbonyl (C=O) groups is 2. The van der Waals surface area contributed by atoms with Crippen LogP contribution in [0.4, 0.5) is 4.39 Å². The highest BCUT2D eigenvalue weighted by molar-refractivity contribution is 6.03. The molecule has 0 saturated heterocycles. The molecule has 0 radical (unpaired) electrons. The van der Waals surface area contributed by atoms with E-state index in [0.717, 1.165) is 5.56 Å². The molecule has 1 aliphatic rings. The number of hydrogen-bond donors (Lipinski definition) is 0. The van der Waals surface area contributed by atoms with Crippen molar-refractivity contribution in [3.63, 3.8) is 0 Å². The minimum Gasteiger partial charge on any atom is -0.467 e. The van der Waals surface area contributed by atoms with Crippen molar-refractivity contribution in [3.8, 4) is 0 Å². The van der Waals surface area contributed by atoms with Gasteiger partial charge < -0.3 is 14.1 Å². The molecule has 0 saturated carbocycles. The van der Waals surface area contributed by atoms with Crippen molar-refractivity contribution in [3.05, 3.63) is 59.8 Å². The van der Waals surface area contributed by atoms with E-state index in [1.54, 1.807) is 44.6 Å². The van der Waals surface area contributed by atoms with E-state index < -0.39 is 6.04 Å². The molecule has 2 heterocycles. The zero-order valence-corrected chi connectivity index (χ0v) is 16.5. The summed E-state index contributed by atoms with van der Waals surface area (Å²) in [5, 5.41) is 5.85. The van der Waals surface area contributed by atoms with Crippen LogP contribution in [0, 0.1) is 5.82 Å². The van der Waals surface area contributed by atoms with Crippen LogP contribution in [-0.4, -0.2) is 54.2 Å². The number of benzene rings is 1. The minimum atomic E-state index is -0.418. The van der Waals surface area contributed by atoms with Gasteiger partial charge in [0.15, 0.2) is 0 Å². The maximum Gasteiger partial charge on any atom is 0.262 e. The van der Waals surface area contributed by atoms with Crippen molar-refractivity contribution >= 4 is 17.5 Å². The molecule has 0 fully saturated rings. The average Bonchev–Trinajstić information content (AvgIpc) is 3.40. The lowest BCUT2D eigenvalue weighted by Crippen LogP contribution is -2.42. The number of carbonyl (C=O) groups excluding carboxylic acids is 2. The third-order valence-corrected chi connectivity index (χ3v) is 4.76. The standard InChI is InChI=1S/C21H24FN3O4/c1-3-20(26)24(10-12-28-2)14-21(27)25-18(19-5-4-11-29-19)13-17(23-25)15-6-8-16(22)9-7-15/h4-9,11,18H,3,10,12-14H2,1-2H3. The highest BCUT2D eigenvalue weighted by Gasteiger charge is 2.35. The van der Waals surface area contributed by atoms with Crippen LogP contribution in [0.15, 0.2) is 52.2 Å². The number of ether oxygens (including phenoxy) is 1. The Balaban J connectivity index is 1.84. The Hall–Kier alpha value is -3.00. The highest BCUT2D eigenvalue weighted by Crippen LogP contribution is 2.33. The molecular formula is C21H24FN3O4. The van der Waals surface area contributed by atoms with E-state index >= 15 is 0 Å². The maximum atomic E-state index is 13.3. The summed E-state index contributed by atoms with van der Waals surface area (Å²) in [6.45, 7) is 2.31. The Morgan fingerprint density at radius 3 is 2.69 bits per heavy atom. The van der Waals surface area contributed by atoms with Crippen LogP contribution in [0.2, 0.25) is 0 Å². The lowest BCUT2D eigenvalue weighted by molar-refractivity contribution is -0.142. The van der Waals surface area contributed by atoms with Gasteiger partial charge in [-0.2, -0.15) is 5.10 Å². The smallest absolute Gasteiger partial charge is 0.262 e. The van der Waals surface area contributed by atoms with E-state index in [0.29, 0.717) is 37.5 Å². The van der Waals surface area contributed by atoms with Crippen LogP contribution >= 0.6 is 0 Å². The first-order valence-electron chi connectivity index (χ1n) is 9.49. The van der Waals surface area contributed by atoms with Crippen molar-refractivity contribution in [1.82, 2.24) is 9.91 Å². The third kappa shape index (κ3) is 4.89. The second-order valence-electron chi connectivity index (χ2n) is 6.69. The highest BCUT2D eigenvalue weighted by atomic mass is 19.1. The molecule has 3 rings (SSSR count). The van der Waals surface area contributed by atoms with Gasteiger partial charge in [0, 0.05) is 26.5 Å². The summed E-state index contributed by atoms with van der Waals surface area (Å²) >= 11 is 0. The van der Waals surface area contributed by atoms with E-state index in [1.807, 2.05) is 0 Å². The number of hydrogen-bond acceptors (Lipinski definition) is 5. The molecule has 1 aromatic carbocycles. The number of methoxy groups -OCH3 is 1. The van der Waals surface area contributed by atoms with Gasteiger partial charge in [0.05, 0.1) is 18.6 Å². The summed E-state index contributed by atoms with van der Waals surface area (Å²) in [6, 6.07) is 9.10. The van der Waals surface area contributed by atoms with Crippen LogP contribution in [0.5, 0.6) is 0 Å². The van der Waals surface area contributed by atoms with Crippen molar-refractivity contribution in [2.24, 2.45) is 5.10 Å². The predicted octanol–water partition coefficient (Wildman–Crippen LogP) is 2.98. The molecular weight excluding hydrogens is 377 g/mol. The SMILES string of the molecule is CCC(=O)N(CCOC)CC(=O)N1N=C(c2ccc(F)cc2)CC1c1ccco1. The van der Waals surface area contributed by atoms with Crippen molar-refractivity contribution in [2.75, 3.05) is 26.8 Å². The lowest BCUT2D eigenvalue weighted by Gasteiger charge is -2.25. The zero-order valence-electron chi connectivity index (χ0n) is 16.5. The molecule has 0 bridgehead atoms. The van der Waals surface area contributed by atoms with Crippen LogP contribution in [-0.2, 0) is 14.3 Å². The molecule has 1 aliphatic heterocycles. The minimum absolute atomic E-state index is 0.104. The van der Waals surface area contributed by atoms with E-state index in [-0.39, 0.29) is 24.2 Å². The second-order valence-corrected chi connectivity index (χ2v) is 6.69. The molecule has 8 heteroatoms. The van der Waals surface area contributed by atoms with E-state index in [4.69, 9.17) is 9.15 Å². The van der Waals surface area contributed by atoms with Crippen molar-refractivity contribution in [2.45, 2.75) is 25.8 Å². The number of halogens is 1. The fourth-order valence-corrected chi connectivity index (χ4v) is 3.21. The number of hydrazone groups is 1. The largest absolute Gasteiger partial charge is 0.467 e. The molecule has 1 atom stereocenters.